The largest absolute Gasteiger partial charge is 0.298 e. The second-order valence-corrected chi connectivity index (χ2v) is 3.49. The maximum atomic E-state index is 10.4. The van der Waals surface area contributed by atoms with Crippen LogP contribution in [0.15, 0.2) is 54.6 Å². The third-order valence-corrected chi connectivity index (χ3v) is 2.36. The summed E-state index contributed by atoms with van der Waals surface area (Å²) in [7, 11) is 0. The highest BCUT2D eigenvalue weighted by Crippen LogP contribution is 2.13. The fourth-order valence-corrected chi connectivity index (χ4v) is 1.49. The molecule has 0 amide bonds. The van der Waals surface area contributed by atoms with Crippen LogP contribution in [0.3, 0.4) is 0 Å². The Morgan fingerprint density at radius 2 is 1.53 bits per heavy atom. The van der Waals surface area contributed by atoms with Crippen LogP contribution in [0.1, 0.15) is 15.9 Å². The van der Waals surface area contributed by atoms with Crippen molar-refractivity contribution < 1.29 is 4.79 Å². The molecule has 15 heavy (non-hydrogen) atoms. The summed E-state index contributed by atoms with van der Waals surface area (Å²) in [5.41, 5.74) is 1.84. The van der Waals surface area contributed by atoms with E-state index in [2.05, 4.69) is 24.3 Å². The van der Waals surface area contributed by atoms with Crippen LogP contribution in [0.4, 0.5) is 0 Å². The van der Waals surface area contributed by atoms with Gasteiger partial charge in [-0.3, -0.25) is 4.79 Å². The van der Waals surface area contributed by atoms with Crippen molar-refractivity contribution >= 4 is 12.4 Å². The van der Waals surface area contributed by atoms with Gasteiger partial charge in [-0.1, -0.05) is 60.7 Å². The van der Waals surface area contributed by atoms with Crippen LogP contribution < -0.4 is 0 Å². The Hall–Kier alpha value is -1.89. The number of carbonyl (C=O) groups excluding carboxylic acids is 1. The van der Waals surface area contributed by atoms with Crippen molar-refractivity contribution in [2.24, 2.45) is 5.92 Å². The van der Waals surface area contributed by atoms with Crippen molar-refractivity contribution in [3.63, 3.8) is 0 Å². The van der Waals surface area contributed by atoms with Crippen molar-refractivity contribution in [1.82, 2.24) is 0 Å². The van der Waals surface area contributed by atoms with Gasteiger partial charge in [-0.15, -0.1) is 0 Å². The van der Waals surface area contributed by atoms with Gasteiger partial charge in [-0.2, -0.15) is 0 Å². The van der Waals surface area contributed by atoms with E-state index in [-0.39, 0.29) is 0 Å². The minimum atomic E-state index is 0.413. The number of hydrogen-bond acceptors (Lipinski definition) is 1. The highest BCUT2D eigenvalue weighted by atomic mass is 16.1. The fourth-order valence-electron chi connectivity index (χ4n) is 1.49. The van der Waals surface area contributed by atoms with Gasteiger partial charge >= 0.3 is 0 Å². The van der Waals surface area contributed by atoms with E-state index in [0.29, 0.717) is 11.5 Å². The third kappa shape index (κ3) is 2.53. The normalized spacial score (nSPS) is 15.2. The molecule has 0 unspecified atom stereocenters. The van der Waals surface area contributed by atoms with Gasteiger partial charge in [-0.05, 0) is 5.56 Å². The first kappa shape index (κ1) is 9.66. The van der Waals surface area contributed by atoms with E-state index in [1.54, 1.807) is 0 Å². The second kappa shape index (κ2) is 4.56. The monoisotopic (exact) mass is 196 g/mol. The predicted molar refractivity (Wildman–Crippen MR) is 62.6 cm³/mol. The lowest BCUT2D eigenvalue weighted by Crippen LogP contribution is -1.82. The summed E-state index contributed by atoms with van der Waals surface area (Å²) in [6.07, 6.45) is 13.4. The van der Waals surface area contributed by atoms with E-state index in [0.717, 1.165) is 11.8 Å². The molecule has 0 radical (unpaired) electrons. The molecule has 2 rings (SSSR count). The molecule has 1 aliphatic rings. The molecule has 1 aromatic rings. The minimum Gasteiger partial charge on any atom is -0.298 e. The average molecular weight is 196 g/mol. The molecule has 0 heterocycles. The molecule has 0 N–H and O–H groups in total. The molecule has 0 atom stereocenters. The lowest BCUT2D eigenvalue weighted by Gasteiger charge is -1.97. The van der Waals surface area contributed by atoms with Crippen LogP contribution in [0.25, 0.3) is 6.08 Å². The molecule has 0 aromatic heterocycles. The summed E-state index contributed by atoms with van der Waals surface area (Å²) in [6.45, 7) is 0. The predicted octanol–water partition coefficient (Wildman–Crippen LogP) is 3.25. The highest BCUT2D eigenvalue weighted by Gasteiger charge is 1.97. The van der Waals surface area contributed by atoms with Crippen LogP contribution in [0.2, 0.25) is 0 Å². The Morgan fingerprint density at radius 1 is 0.933 bits per heavy atom. The molecule has 74 valence electrons. The van der Waals surface area contributed by atoms with E-state index in [9.17, 15) is 4.79 Å². The molecule has 0 spiro atoms. The number of aldehydes is 1. The maximum Gasteiger partial charge on any atom is 0.150 e. The van der Waals surface area contributed by atoms with Crippen LogP contribution in [0, 0.1) is 5.92 Å². The maximum absolute atomic E-state index is 10.4. The first-order valence-electron chi connectivity index (χ1n) is 4.97. The second-order valence-electron chi connectivity index (χ2n) is 3.49. The van der Waals surface area contributed by atoms with Gasteiger partial charge in [0.25, 0.3) is 0 Å². The molecule has 0 bridgehead atoms. The van der Waals surface area contributed by atoms with Gasteiger partial charge in [0.2, 0.25) is 0 Å². The van der Waals surface area contributed by atoms with Gasteiger partial charge in [-0.25, -0.2) is 0 Å². The van der Waals surface area contributed by atoms with E-state index in [1.807, 2.05) is 36.4 Å². The molecule has 1 aliphatic carbocycles. The Kier molecular flexibility index (Phi) is 2.93. The van der Waals surface area contributed by atoms with Crippen LogP contribution >= 0.6 is 0 Å². The van der Waals surface area contributed by atoms with Crippen LogP contribution in [-0.2, 0) is 0 Å². The smallest absolute Gasteiger partial charge is 0.150 e. The van der Waals surface area contributed by atoms with Gasteiger partial charge < -0.3 is 0 Å². The summed E-state index contributed by atoms with van der Waals surface area (Å²) >= 11 is 0. The minimum absolute atomic E-state index is 0.413. The van der Waals surface area contributed by atoms with Gasteiger partial charge in [0.15, 0.2) is 0 Å². The molecule has 1 heteroatoms. The topological polar surface area (TPSA) is 17.1 Å². The summed E-state index contributed by atoms with van der Waals surface area (Å²) in [6, 6.07) is 7.55. The third-order valence-electron chi connectivity index (χ3n) is 2.36. The summed E-state index contributed by atoms with van der Waals surface area (Å²) in [5.74, 6) is 0.413. The number of rotatable bonds is 3. The highest BCUT2D eigenvalue weighted by molar-refractivity contribution is 5.75. The fraction of sp³-hybridized carbons (Fsp3) is 0.0714. The molecule has 0 aliphatic heterocycles. The lowest BCUT2D eigenvalue weighted by atomic mass is 10.1. The van der Waals surface area contributed by atoms with E-state index < -0.39 is 0 Å². The molecule has 1 aromatic carbocycles. The molecule has 0 saturated carbocycles. The van der Waals surface area contributed by atoms with Crippen LogP contribution in [0.5, 0.6) is 0 Å². The quantitative estimate of drug-likeness (QED) is 0.678. The Morgan fingerprint density at radius 3 is 2.13 bits per heavy atom. The van der Waals surface area contributed by atoms with Gasteiger partial charge in [0, 0.05) is 11.5 Å². The number of carbonyl (C=O) groups is 1. The zero-order valence-electron chi connectivity index (χ0n) is 8.34. The van der Waals surface area contributed by atoms with Crippen molar-refractivity contribution in [3.8, 4) is 0 Å². The molecular formula is C14H12O. The van der Waals surface area contributed by atoms with Crippen molar-refractivity contribution in [1.29, 1.82) is 0 Å². The standard InChI is InChI=1S/C14H12O/c15-11-14-9-7-13(8-10-14)6-5-12-3-1-2-4-12/h1-12H/b6-5+. The first-order chi connectivity index (χ1) is 7.38. The van der Waals surface area contributed by atoms with Gasteiger partial charge in [0.05, 0.1) is 0 Å². The van der Waals surface area contributed by atoms with Crippen molar-refractivity contribution in [3.05, 3.63) is 65.8 Å². The van der Waals surface area contributed by atoms with Crippen molar-refractivity contribution in [2.75, 3.05) is 0 Å². The van der Waals surface area contributed by atoms with E-state index in [4.69, 9.17) is 0 Å². The zero-order valence-corrected chi connectivity index (χ0v) is 8.34. The Balaban J connectivity index is 2.07. The van der Waals surface area contributed by atoms with Crippen molar-refractivity contribution in [2.45, 2.75) is 0 Å². The number of allylic oxidation sites excluding steroid dienone is 5. The molecule has 0 fully saturated rings. The molecule has 0 saturated heterocycles. The average Bonchev–Trinajstić information content (AvgIpc) is 2.80. The van der Waals surface area contributed by atoms with E-state index >= 15 is 0 Å². The Labute approximate surface area is 89.4 Å². The lowest BCUT2D eigenvalue weighted by molar-refractivity contribution is 0.112. The molecule has 1 nitrogen and oxygen atoms in total. The number of hydrogen-bond donors (Lipinski definition) is 0. The summed E-state index contributed by atoms with van der Waals surface area (Å²) in [5, 5.41) is 0. The summed E-state index contributed by atoms with van der Waals surface area (Å²) < 4.78 is 0. The Bertz CT molecular complexity index is 409. The SMILES string of the molecule is O=Cc1ccc(/C=C/C2C=CC=C2)cc1. The summed E-state index contributed by atoms with van der Waals surface area (Å²) in [4.78, 5) is 10.4. The van der Waals surface area contributed by atoms with Gasteiger partial charge in [0.1, 0.15) is 6.29 Å². The van der Waals surface area contributed by atoms with Crippen LogP contribution in [-0.4, -0.2) is 6.29 Å². The zero-order chi connectivity index (χ0) is 10.5. The first-order valence-corrected chi connectivity index (χ1v) is 4.97. The number of benzene rings is 1. The molecular weight excluding hydrogens is 184 g/mol. The van der Waals surface area contributed by atoms with E-state index in [1.165, 1.54) is 0 Å².